The Hall–Kier alpha value is -2.78. The summed E-state index contributed by atoms with van der Waals surface area (Å²) in [6.45, 7) is 18.9. The lowest BCUT2D eigenvalue weighted by atomic mass is 9.88. The van der Waals surface area contributed by atoms with Gasteiger partial charge in [0.2, 0.25) is 0 Å². The van der Waals surface area contributed by atoms with E-state index in [2.05, 4.69) is 27.7 Å². The minimum Gasteiger partial charge on any atom is -0.269 e. The summed E-state index contributed by atoms with van der Waals surface area (Å²) in [7, 11) is 0. The molecule has 0 radical (unpaired) electrons. The first-order valence-corrected chi connectivity index (χ1v) is 13.4. The fourth-order valence-electron chi connectivity index (χ4n) is 3.58. The van der Waals surface area contributed by atoms with Crippen molar-refractivity contribution >= 4 is 11.9 Å². The Balaban J connectivity index is 1.76. The summed E-state index contributed by atoms with van der Waals surface area (Å²) in [6, 6.07) is 15.9. The van der Waals surface area contributed by atoms with Crippen molar-refractivity contribution in [2.75, 3.05) is 0 Å². The average molecular weight is 545 g/mol. The standard InChI is InChI=1S/C31H44O8/c1-21(2)23-11-15-25(16-12-23)30(7,8)36-38-34-27(32)19-20-29(5,6)28(33)35-39-37-31(9,10)26-17-13-24(14-18-26)22(3)4/h11-18,21-22H,19-20H2,1-10H3. The van der Waals surface area contributed by atoms with Crippen molar-refractivity contribution < 1.29 is 39.2 Å². The van der Waals surface area contributed by atoms with Gasteiger partial charge in [-0.15, -0.1) is 0 Å². The van der Waals surface area contributed by atoms with Crippen LogP contribution < -0.4 is 0 Å². The SMILES string of the molecule is CC(C)c1ccc(C(C)(C)OOOC(=O)CCC(C)(C)C(=O)OOOC(C)(C)c2ccc(C(C)C)cc2)cc1. The highest BCUT2D eigenvalue weighted by Crippen LogP contribution is 2.30. The van der Waals surface area contributed by atoms with Crippen molar-refractivity contribution in [1.29, 1.82) is 0 Å². The second-order valence-corrected chi connectivity index (χ2v) is 12.1. The van der Waals surface area contributed by atoms with E-state index in [1.165, 1.54) is 11.1 Å². The Bertz CT molecular complexity index is 1070. The van der Waals surface area contributed by atoms with Crippen molar-refractivity contribution in [3.63, 3.8) is 0 Å². The highest BCUT2D eigenvalue weighted by Gasteiger charge is 2.33. The third-order valence-electron chi connectivity index (χ3n) is 6.77. The molecule has 0 saturated heterocycles. The predicted octanol–water partition coefficient (Wildman–Crippen LogP) is 7.72. The lowest BCUT2D eigenvalue weighted by molar-refractivity contribution is -0.522. The van der Waals surface area contributed by atoms with E-state index in [-0.39, 0.29) is 12.8 Å². The lowest BCUT2D eigenvalue weighted by Gasteiger charge is -2.25. The van der Waals surface area contributed by atoms with Crippen molar-refractivity contribution in [2.45, 2.75) is 105 Å². The number of carbonyl (C=O) groups excluding carboxylic acids is 2. The van der Waals surface area contributed by atoms with Gasteiger partial charge < -0.3 is 0 Å². The number of hydrogen-bond donors (Lipinski definition) is 0. The van der Waals surface area contributed by atoms with Crippen LogP contribution in [-0.4, -0.2) is 11.9 Å². The van der Waals surface area contributed by atoms with Gasteiger partial charge in [-0.05, 0) is 92.1 Å². The minimum absolute atomic E-state index is 0.108. The smallest absolute Gasteiger partial charge is 0.269 e. The molecule has 0 fully saturated rings. The summed E-state index contributed by atoms with van der Waals surface area (Å²) >= 11 is 0. The molecule has 8 nitrogen and oxygen atoms in total. The van der Waals surface area contributed by atoms with Gasteiger partial charge in [0.25, 0.3) is 0 Å². The summed E-state index contributed by atoms with van der Waals surface area (Å²) < 4.78 is 0. The first kappa shape index (κ1) is 32.4. The second-order valence-electron chi connectivity index (χ2n) is 12.1. The van der Waals surface area contributed by atoms with E-state index in [1.807, 2.05) is 48.5 Å². The van der Waals surface area contributed by atoms with Crippen LogP contribution in [0.15, 0.2) is 48.5 Å². The van der Waals surface area contributed by atoms with Crippen LogP contribution in [0.5, 0.6) is 0 Å². The van der Waals surface area contributed by atoms with Gasteiger partial charge in [-0.2, -0.15) is 9.78 Å². The quantitative estimate of drug-likeness (QED) is 0.176. The molecule has 0 heterocycles. The summed E-state index contributed by atoms with van der Waals surface area (Å²) in [6.07, 6.45) is 0.0149. The molecule has 0 aromatic heterocycles. The third kappa shape index (κ3) is 9.72. The van der Waals surface area contributed by atoms with Crippen LogP contribution >= 0.6 is 0 Å². The Morgan fingerprint density at radius 2 is 1.03 bits per heavy atom. The van der Waals surface area contributed by atoms with Crippen molar-refractivity contribution in [3.8, 4) is 0 Å². The molecular weight excluding hydrogens is 500 g/mol. The molecule has 39 heavy (non-hydrogen) atoms. The van der Waals surface area contributed by atoms with Crippen LogP contribution in [0, 0.1) is 5.41 Å². The minimum atomic E-state index is -1.05. The maximum atomic E-state index is 12.6. The Labute approximate surface area is 232 Å². The largest absolute Gasteiger partial charge is 0.351 e. The van der Waals surface area contributed by atoms with Gasteiger partial charge in [0, 0.05) is 0 Å². The first-order valence-electron chi connectivity index (χ1n) is 13.4. The van der Waals surface area contributed by atoms with Gasteiger partial charge in [0.05, 0.1) is 11.8 Å². The lowest BCUT2D eigenvalue weighted by Crippen LogP contribution is -2.30. The molecule has 0 amide bonds. The molecular formula is C31H44O8. The maximum Gasteiger partial charge on any atom is 0.351 e. The van der Waals surface area contributed by atoms with E-state index in [9.17, 15) is 9.59 Å². The van der Waals surface area contributed by atoms with Crippen molar-refractivity contribution in [1.82, 2.24) is 0 Å². The highest BCUT2D eigenvalue weighted by atomic mass is 17.5. The first-order chi connectivity index (χ1) is 18.0. The van der Waals surface area contributed by atoms with Gasteiger partial charge in [-0.1, -0.05) is 76.2 Å². The van der Waals surface area contributed by atoms with Crippen LogP contribution in [0.4, 0.5) is 0 Å². The topological polar surface area (TPSA) is 89.5 Å². The van der Waals surface area contributed by atoms with E-state index >= 15 is 0 Å². The fourth-order valence-corrected chi connectivity index (χ4v) is 3.58. The second kappa shape index (κ2) is 13.5. The van der Waals surface area contributed by atoms with E-state index in [0.717, 1.165) is 11.1 Å². The monoisotopic (exact) mass is 544 g/mol. The van der Waals surface area contributed by atoms with E-state index in [4.69, 9.17) is 29.6 Å². The molecule has 0 aliphatic heterocycles. The molecule has 2 aromatic carbocycles. The molecule has 0 bridgehead atoms. The van der Waals surface area contributed by atoms with Gasteiger partial charge in [-0.3, -0.25) is 9.78 Å². The van der Waals surface area contributed by atoms with Crippen LogP contribution in [-0.2, 0) is 50.4 Å². The molecule has 0 aliphatic rings. The molecule has 0 saturated carbocycles. The molecule has 2 aromatic rings. The zero-order chi connectivity index (χ0) is 29.4. The maximum absolute atomic E-state index is 12.6. The molecule has 0 unspecified atom stereocenters. The van der Waals surface area contributed by atoms with Crippen molar-refractivity contribution in [2.24, 2.45) is 5.41 Å². The van der Waals surface area contributed by atoms with Gasteiger partial charge in [-0.25, -0.2) is 9.59 Å². The molecule has 0 aliphatic carbocycles. The Morgan fingerprint density at radius 3 is 1.41 bits per heavy atom. The molecule has 8 heteroatoms. The van der Waals surface area contributed by atoms with Gasteiger partial charge in [0.1, 0.15) is 11.2 Å². The summed E-state index contributed by atoms with van der Waals surface area (Å²) in [5.74, 6) is -0.548. The predicted molar refractivity (Wildman–Crippen MR) is 147 cm³/mol. The molecule has 0 atom stereocenters. The van der Waals surface area contributed by atoms with Crippen LogP contribution in [0.25, 0.3) is 0 Å². The van der Waals surface area contributed by atoms with E-state index in [1.54, 1.807) is 41.5 Å². The molecule has 216 valence electrons. The van der Waals surface area contributed by atoms with Gasteiger partial charge in [0.15, 0.2) is 0 Å². The Kier molecular flexibility index (Phi) is 11.2. The molecule has 2 rings (SSSR count). The Morgan fingerprint density at radius 1 is 0.641 bits per heavy atom. The zero-order valence-corrected chi connectivity index (χ0v) is 25.0. The van der Waals surface area contributed by atoms with E-state index in [0.29, 0.717) is 11.8 Å². The number of rotatable bonds is 14. The normalized spacial score (nSPS) is 12.6. The fraction of sp³-hybridized carbons (Fsp3) is 0.548. The summed E-state index contributed by atoms with van der Waals surface area (Å²) in [4.78, 5) is 45.1. The molecule has 0 N–H and O–H groups in total. The van der Waals surface area contributed by atoms with Crippen LogP contribution in [0.1, 0.15) is 116 Å². The number of carbonyl (C=O) groups is 2. The average Bonchev–Trinajstić information content (AvgIpc) is 2.87. The number of benzene rings is 2. The van der Waals surface area contributed by atoms with Gasteiger partial charge >= 0.3 is 11.9 Å². The third-order valence-corrected chi connectivity index (χ3v) is 6.77. The van der Waals surface area contributed by atoms with E-state index < -0.39 is 28.6 Å². The summed E-state index contributed by atoms with van der Waals surface area (Å²) in [5, 5.41) is 9.61. The van der Waals surface area contributed by atoms with Crippen LogP contribution in [0.2, 0.25) is 0 Å². The molecule has 0 spiro atoms. The van der Waals surface area contributed by atoms with Crippen LogP contribution in [0.3, 0.4) is 0 Å². The summed E-state index contributed by atoms with van der Waals surface area (Å²) in [5.41, 5.74) is 1.39. The number of hydrogen-bond acceptors (Lipinski definition) is 8. The highest BCUT2D eigenvalue weighted by molar-refractivity contribution is 5.76. The van der Waals surface area contributed by atoms with Crippen molar-refractivity contribution in [3.05, 3.63) is 70.8 Å². The zero-order valence-electron chi connectivity index (χ0n) is 25.0.